The number of aromatic nitrogens is 2. The first kappa shape index (κ1) is 21.6. The average molecular weight is 395 g/mol. The van der Waals surface area contributed by atoms with E-state index in [1.54, 1.807) is 12.4 Å². The normalized spacial score (nSPS) is 22.3. The lowest BCUT2D eigenvalue weighted by Crippen LogP contribution is -2.51. The summed E-state index contributed by atoms with van der Waals surface area (Å²) >= 11 is 1.49. The van der Waals surface area contributed by atoms with Crippen molar-refractivity contribution < 1.29 is 14.3 Å². The predicted octanol–water partition coefficient (Wildman–Crippen LogP) is 1.84. The predicted molar refractivity (Wildman–Crippen MR) is 106 cm³/mol. The Morgan fingerprint density at radius 2 is 2.11 bits per heavy atom. The van der Waals surface area contributed by atoms with Crippen LogP contribution in [0.3, 0.4) is 0 Å². The maximum Gasteiger partial charge on any atom is 0.230 e. The van der Waals surface area contributed by atoms with E-state index in [0.717, 1.165) is 30.7 Å². The number of rotatable bonds is 9. The average Bonchev–Trinajstić information content (AvgIpc) is 2.66. The molecule has 150 valence electrons. The molecule has 1 aliphatic carbocycles. The number of amides is 2. The van der Waals surface area contributed by atoms with Gasteiger partial charge in [0, 0.05) is 18.7 Å². The number of carbonyl (C=O) groups is 2. The second kappa shape index (κ2) is 11.2. The van der Waals surface area contributed by atoms with Gasteiger partial charge in [-0.05, 0) is 38.9 Å². The van der Waals surface area contributed by atoms with Crippen LogP contribution in [0, 0.1) is 12.8 Å². The van der Waals surface area contributed by atoms with E-state index in [-0.39, 0.29) is 29.9 Å². The molecule has 1 fully saturated rings. The van der Waals surface area contributed by atoms with Crippen LogP contribution < -0.4 is 10.6 Å². The highest BCUT2D eigenvalue weighted by Gasteiger charge is 2.35. The second-order valence-electron chi connectivity index (χ2n) is 6.89. The number of ether oxygens (including phenoxy) is 1. The van der Waals surface area contributed by atoms with Gasteiger partial charge in [0.2, 0.25) is 11.8 Å². The molecule has 0 bridgehead atoms. The molecule has 1 aliphatic rings. The lowest BCUT2D eigenvalue weighted by molar-refractivity contribution is -0.130. The zero-order valence-corrected chi connectivity index (χ0v) is 17.2. The summed E-state index contributed by atoms with van der Waals surface area (Å²) in [5, 5.41) is 6.00. The Labute approximate surface area is 165 Å². The maximum absolute atomic E-state index is 12.6. The van der Waals surface area contributed by atoms with E-state index < -0.39 is 0 Å². The zero-order valence-electron chi connectivity index (χ0n) is 16.4. The summed E-state index contributed by atoms with van der Waals surface area (Å²) in [6, 6.07) is -0.125. The molecule has 0 radical (unpaired) electrons. The fraction of sp³-hybridized carbons (Fsp3) is 0.684. The summed E-state index contributed by atoms with van der Waals surface area (Å²) in [4.78, 5) is 33.1. The van der Waals surface area contributed by atoms with E-state index in [1.807, 2.05) is 13.2 Å². The summed E-state index contributed by atoms with van der Waals surface area (Å²) in [5.74, 6) is 0.272. The molecule has 0 unspecified atom stereocenters. The SMILES string of the molecule is CCCO[C@@H]1CC[C@H](C(=O)NCc2cnc(C)cn2)C[C@H]1NC(=O)CSC. The number of carbonyl (C=O) groups excluding carboxylic acids is 2. The first-order valence-electron chi connectivity index (χ1n) is 9.48. The van der Waals surface area contributed by atoms with Gasteiger partial charge in [-0.2, -0.15) is 11.8 Å². The van der Waals surface area contributed by atoms with Crippen LogP contribution in [-0.4, -0.2) is 52.5 Å². The molecule has 2 rings (SSSR count). The number of hydrogen-bond acceptors (Lipinski definition) is 6. The van der Waals surface area contributed by atoms with Crippen molar-refractivity contribution in [2.45, 2.75) is 58.2 Å². The Kier molecular flexibility index (Phi) is 9.00. The van der Waals surface area contributed by atoms with Crippen molar-refractivity contribution >= 4 is 23.6 Å². The van der Waals surface area contributed by atoms with Crippen LogP contribution in [0.5, 0.6) is 0 Å². The van der Waals surface area contributed by atoms with E-state index in [2.05, 4.69) is 27.5 Å². The van der Waals surface area contributed by atoms with Crippen LogP contribution in [0.1, 0.15) is 44.0 Å². The monoisotopic (exact) mass is 394 g/mol. The van der Waals surface area contributed by atoms with Gasteiger partial charge in [-0.1, -0.05) is 6.92 Å². The van der Waals surface area contributed by atoms with Crippen molar-refractivity contribution in [3.05, 3.63) is 23.8 Å². The van der Waals surface area contributed by atoms with Crippen LogP contribution in [0.25, 0.3) is 0 Å². The molecular weight excluding hydrogens is 364 g/mol. The van der Waals surface area contributed by atoms with Crippen LogP contribution in [0.2, 0.25) is 0 Å². The van der Waals surface area contributed by atoms with Crippen molar-refractivity contribution in [1.82, 2.24) is 20.6 Å². The van der Waals surface area contributed by atoms with E-state index in [0.29, 0.717) is 25.3 Å². The largest absolute Gasteiger partial charge is 0.376 e. The molecular formula is C19H30N4O3S. The van der Waals surface area contributed by atoms with Gasteiger partial charge in [-0.15, -0.1) is 0 Å². The number of aryl methyl sites for hydroxylation is 1. The third-order valence-corrected chi connectivity index (χ3v) is 5.14. The van der Waals surface area contributed by atoms with Crippen molar-refractivity contribution in [3.63, 3.8) is 0 Å². The van der Waals surface area contributed by atoms with Gasteiger partial charge in [0.25, 0.3) is 0 Å². The van der Waals surface area contributed by atoms with Crippen molar-refractivity contribution in [3.8, 4) is 0 Å². The van der Waals surface area contributed by atoms with Gasteiger partial charge in [0.15, 0.2) is 0 Å². The first-order chi connectivity index (χ1) is 13.0. The molecule has 1 saturated carbocycles. The van der Waals surface area contributed by atoms with Crippen molar-refractivity contribution in [2.75, 3.05) is 18.6 Å². The molecule has 27 heavy (non-hydrogen) atoms. The van der Waals surface area contributed by atoms with Crippen LogP contribution in [-0.2, 0) is 20.9 Å². The molecule has 0 saturated heterocycles. The fourth-order valence-electron chi connectivity index (χ4n) is 3.21. The minimum Gasteiger partial charge on any atom is -0.376 e. The highest BCUT2D eigenvalue weighted by atomic mass is 32.2. The standard InChI is InChI=1S/C19H30N4O3S/c1-4-7-26-17-6-5-14(8-16(17)23-18(24)12-27-3)19(25)22-11-15-10-20-13(2)9-21-15/h9-10,14,16-17H,4-8,11-12H2,1-3H3,(H,22,25)(H,23,24)/t14-,16+,17+/m0/s1. The van der Waals surface area contributed by atoms with Gasteiger partial charge >= 0.3 is 0 Å². The Bertz CT molecular complexity index is 611. The molecule has 7 nitrogen and oxygen atoms in total. The van der Waals surface area contributed by atoms with Gasteiger partial charge in [0.1, 0.15) is 0 Å². The van der Waals surface area contributed by atoms with Gasteiger partial charge in [-0.3, -0.25) is 19.6 Å². The number of thioether (sulfide) groups is 1. The number of hydrogen-bond donors (Lipinski definition) is 2. The third-order valence-electron chi connectivity index (χ3n) is 4.59. The number of nitrogens with one attached hydrogen (secondary N) is 2. The summed E-state index contributed by atoms with van der Waals surface area (Å²) in [7, 11) is 0. The van der Waals surface area contributed by atoms with E-state index in [1.165, 1.54) is 11.8 Å². The molecule has 2 N–H and O–H groups in total. The van der Waals surface area contributed by atoms with Crippen LogP contribution >= 0.6 is 11.8 Å². The Balaban J connectivity index is 1.91. The quantitative estimate of drug-likeness (QED) is 0.664. The minimum absolute atomic E-state index is 0.00423. The van der Waals surface area contributed by atoms with Crippen LogP contribution in [0.4, 0.5) is 0 Å². The summed E-state index contributed by atoms with van der Waals surface area (Å²) < 4.78 is 5.92. The molecule has 1 heterocycles. The Morgan fingerprint density at radius 3 is 2.78 bits per heavy atom. The fourth-order valence-corrected chi connectivity index (χ4v) is 3.56. The molecule has 3 atom stereocenters. The lowest BCUT2D eigenvalue weighted by atomic mass is 9.83. The molecule has 8 heteroatoms. The smallest absolute Gasteiger partial charge is 0.230 e. The van der Waals surface area contributed by atoms with E-state index in [4.69, 9.17) is 4.74 Å². The highest BCUT2D eigenvalue weighted by Crippen LogP contribution is 2.27. The Hall–Kier alpha value is -1.67. The molecule has 1 aromatic rings. The highest BCUT2D eigenvalue weighted by molar-refractivity contribution is 7.99. The zero-order chi connectivity index (χ0) is 19.6. The molecule has 0 aromatic carbocycles. The van der Waals surface area contributed by atoms with Crippen molar-refractivity contribution in [2.24, 2.45) is 5.92 Å². The lowest BCUT2D eigenvalue weighted by Gasteiger charge is -2.36. The summed E-state index contributed by atoms with van der Waals surface area (Å²) in [6.45, 7) is 4.97. The van der Waals surface area contributed by atoms with E-state index in [9.17, 15) is 9.59 Å². The maximum atomic E-state index is 12.6. The first-order valence-corrected chi connectivity index (χ1v) is 10.9. The van der Waals surface area contributed by atoms with E-state index >= 15 is 0 Å². The van der Waals surface area contributed by atoms with Gasteiger partial charge < -0.3 is 15.4 Å². The second-order valence-corrected chi connectivity index (χ2v) is 7.76. The van der Waals surface area contributed by atoms with Gasteiger partial charge in [0.05, 0.1) is 42.0 Å². The molecule has 0 spiro atoms. The summed E-state index contributed by atoms with van der Waals surface area (Å²) in [5.41, 5.74) is 1.58. The van der Waals surface area contributed by atoms with Gasteiger partial charge in [-0.25, -0.2) is 0 Å². The van der Waals surface area contributed by atoms with Crippen molar-refractivity contribution in [1.29, 1.82) is 0 Å². The summed E-state index contributed by atoms with van der Waals surface area (Å²) in [6.07, 6.45) is 8.30. The minimum atomic E-state index is -0.135. The third kappa shape index (κ3) is 7.10. The topological polar surface area (TPSA) is 93.2 Å². The molecule has 0 aliphatic heterocycles. The molecule has 2 amide bonds. The molecule has 1 aromatic heterocycles. The van der Waals surface area contributed by atoms with Crippen LogP contribution in [0.15, 0.2) is 12.4 Å². The Morgan fingerprint density at radius 1 is 1.30 bits per heavy atom. The number of nitrogens with zero attached hydrogens (tertiary/aromatic N) is 2.